The van der Waals surface area contributed by atoms with Crippen molar-refractivity contribution in [3.8, 4) is 0 Å². The summed E-state index contributed by atoms with van der Waals surface area (Å²) in [6.45, 7) is 4.63. The summed E-state index contributed by atoms with van der Waals surface area (Å²) < 4.78 is 0. The molecule has 74 valence electrons. The molecule has 0 atom stereocenters. The van der Waals surface area contributed by atoms with Crippen molar-refractivity contribution in [2.45, 2.75) is 45.6 Å². The van der Waals surface area contributed by atoms with E-state index in [1.807, 2.05) is 0 Å². The fourth-order valence-electron chi connectivity index (χ4n) is 1.78. The summed E-state index contributed by atoms with van der Waals surface area (Å²) in [7, 11) is -0.509. The lowest BCUT2D eigenvalue weighted by atomic mass is 10.1. The third-order valence-electron chi connectivity index (χ3n) is 2.65. The Morgan fingerprint density at radius 1 is 1.00 bits per heavy atom. The molecular weight excluding hydrogens is 172 g/mol. The smallest absolute Gasteiger partial charge is 0.0852 e. The van der Waals surface area contributed by atoms with Crippen LogP contribution < -0.4 is 0 Å². The number of hydrogen-bond acceptors (Lipinski definition) is 0. The van der Waals surface area contributed by atoms with Gasteiger partial charge in [0.1, 0.15) is 0 Å². The van der Waals surface area contributed by atoms with Crippen molar-refractivity contribution >= 4 is 8.80 Å². The van der Waals surface area contributed by atoms with Gasteiger partial charge in [0.15, 0.2) is 0 Å². The zero-order valence-electron chi connectivity index (χ0n) is 9.00. The summed E-state index contributed by atoms with van der Waals surface area (Å²) in [6.07, 6.45) is 10.2. The lowest BCUT2D eigenvalue weighted by molar-refractivity contribution is 0.534. The highest BCUT2D eigenvalue weighted by Gasteiger charge is 2.04. The second-order valence-corrected chi connectivity index (χ2v) is 7.14. The molecule has 13 heavy (non-hydrogen) atoms. The summed E-state index contributed by atoms with van der Waals surface area (Å²) in [4.78, 5) is 0. The van der Waals surface area contributed by atoms with Gasteiger partial charge in [0.25, 0.3) is 0 Å². The normalized spacial score (nSPS) is 16.2. The molecule has 1 aliphatic heterocycles. The van der Waals surface area contributed by atoms with E-state index in [0.29, 0.717) is 0 Å². The Bertz CT molecular complexity index is 168. The van der Waals surface area contributed by atoms with Crippen molar-refractivity contribution in [1.29, 1.82) is 0 Å². The minimum atomic E-state index is -0.509. The van der Waals surface area contributed by atoms with Gasteiger partial charge in [0.05, 0.1) is 8.80 Å². The predicted octanol–water partition coefficient (Wildman–Crippen LogP) is 3.63. The molecule has 1 heterocycles. The maximum Gasteiger partial charge on any atom is 0.0852 e. The number of allylic oxidation sites excluding steroid dienone is 2. The molecule has 0 radical (unpaired) electrons. The Morgan fingerprint density at radius 3 is 2.31 bits per heavy atom. The van der Waals surface area contributed by atoms with Gasteiger partial charge in [-0.25, -0.2) is 0 Å². The van der Waals surface area contributed by atoms with Gasteiger partial charge < -0.3 is 0 Å². The highest BCUT2D eigenvalue weighted by molar-refractivity contribution is 6.70. The fourth-order valence-corrected chi connectivity index (χ4v) is 3.88. The van der Waals surface area contributed by atoms with E-state index in [-0.39, 0.29) is 0 Å². The van der Waals surface area contributed by atoms with Gasteiger partial charge in [-0.3, -0.25) is 0 Å². The zero-order chi connectivity index (χ0) is 9.52. The molecule has 0 aliphatic carbocycles. The Hall–Kier alpha value is -0.303. The Labute approximate surface area is 84.3 Å². The van der Waals surface area contributed by atoms with Crippen LogP contribution in [0.4, 0.5) is 0 Å². The van der Waals surface area contributed by atoms with Crippen LogP contribution in [0.2, 0.25) is 6.04 Å². The molecule has 0 unspecified atom stereocenters. The molecule has 1 rings (SSSR count). The standard InChI is InChI=1S/C12H22Si/c1-12(2)8-4-3-5-9-13-10-6-7-11-13/h6-7,10-13H,3-5,8-9H2,1-2H3. The van der Waals surface area contributed by atoms with Crippen LogP contribution in [0.5, 0.6) is 0 Å². The highest BCUT2D eigenvalue weighted by atomic mass is 28.3. The van der Waals surface area contributed by atoms with Crippen LogP contribution in [0.15, 0.2) is 23.6 Å². The number of hydrogen-bond donors (Lipinski definition) is 0. The fraction of sp³-hybridized carbons (Fsp3) is 0.667. The monoisotopic (exact) mass is 194 g/mol. The first-order valence-corrected chi connectivity index (χ1v) is 7.79. The summed E-state index contributed by atoms with van der Waals surface area (Å²) in [6, 6.07) is 1.49. The molecule has 0 aromatic heterocycles. The second-order valence-electron chi connectivity index (χ2n) is 4.47. The predicted molar refractivity (Wildman–Crippen MR) is 63.5 cm³/mol. The van der Waals surface area contributed by atoms with E-state index >= 15 is 0 Å². The van der Waals surface area contributed by atoms with Gasteiger partial charge in [-0.1, -0.05) is 69.1 Å². The summed E-state index contributed by atoms with van der Waals surface area (Å²) in [5.41, 5.74) is 4.89. The molecule has 0 saturated carbocycles. The lowest BCUT2D eigenvalue weighted by Crippen LogP contribution is -2.02. The Balaban J connectivity index is 1.89. The summed E-state index contributed by atoms with van der Waals surface area (Å²) in [5, 5.41) is 0. The van der Waals surface area contributed by atoms with Gasteiger partial charge >= 0.3 is 0 Å². The van der Waals surface area contributed by atoms with Crippen LogP contribution in [0.1, 0.15) is 39.5 Å². The molecule has 0 spiro atoms. The maximum atomic E-state index is 2.45. The molecule has 0 amide bonds. The maximum absolute atomic E-state index is 2.45. The van der Waals surface area contributed by atoms with Crippen molar-refractivity contribution < 1.29 is 0 Å². The molecule has 0 bridgehead atoms. The Morgan fingerprint density at radius 2 is 1.69 bits per heavy atom. The first kappa shape index (κ1) is 10.8. The quantitative estimate of drug-likeness (QED) is 0.447. The molecule has 0 aromatic carbocycles. The molecule has 0 saturated heterocycles. The average Bonchev–Trinajstić information content (AvgIpc) is 2.55. The van der Waals surface area contributed by atoms with Crippen molar-refractivity contribution in [2.24, 2.45) is 5.92 Å². The molecule has 0 fully saturated rings. The number of rotatable bonds is 6. The van der Waals surface area contributed by atoms with E-state index in [4.69, 9.17) is 0 Å². The third kappa shape index (κ3) is 5.09. The van der Waals surface area contributed by atoms with Crippen LogP contribution >= 0.6 is 0 Å². The topological polar surface area (TPSA) is 0 Å². The summed E-state index contributed by atoms with van der Waals surface area (Å²) >= 11 is 0. The van der Waals surface area contributed by atoms with Gasteiger partial charge in [0, 0.05) is 0 Å². The first-order chi connectivity index (χ1) is 6.29. The van der Waals surface area contributed by atoms with Crippen LogP contribution in [0.3, 0.4) is 0 Å². The van der Waals surface area contributed by atoms with Crippen molar-refractivity contribution in [1.82, 2.24) is 0 Å². The van der Waals surface area contributed by atoms with E-state index in [1.54, 1.807) is 0 Å². The van der Waals surface area contributed by atoms with Gasteiger partial charge in [-0.05, 0) is 5.92 Å². The molecule has 0 nitrogen and oxygen atoms in total. The van der Waals surface area contributed by atoms with Crippen LogP contribution in [-0.4, -0.2) is 8.80 Å². The van der Waals surface area contributed by atoms with Crippen LogP contribution in [-0.2, 0) is 0 Å². The minimum absolute atomic E-state index is 0.509. The molecular formula is C12H22Si. The van der Waals surface area contributed by atoms with Crippen LogP contribution in [0, 0.1) is 5.92 Å². The summed E-state index contributed by atoms with van der Waals surface area (Å²) in [5.74, 6) is 0.892. The van der Waals surface area contributed by atoms with Crippen LogP contribution in [0.25, 0.3) is 0 Å². The number of unbranched alkanes of at least 4 members (excludes halogenated alkanes) is 2. The van der Waals surface area contributed by atoms with E-state index in [0.717, 1.165) is 5.92 Å². The van der Waals surface area contributed by atoms with Crippen molar-refractivity contribution in [2.75, 3.05) is 0 Å². The van der Waals surface area contributed by atoms with E-state index in [2.05, 4.69) is 37.4 Å². The molecule has 0 aromatic rings. The van der Waals surface area contributed by atoms with E-state index in [9.17, 15) is 0 Å². The largest absolute Gasteiger partial charge is 0.0935 e. The zero-order valence-corrected chi connectivity index (χ0v) is 10.2. The molecule has 0 N–H and O–H groups in total. The van der Waals surface area contributed by atoms with Crippen molar-refractivity contribution in [3.05, 3.63) is 23.6 Å². The second kappa shape index (κ2) is 6.20. The minimum Gasteiger partial charge on any atom is -0.0935 e. The molecule has 1 heteroatoms. The van der Waals surface area contributed by atoms with Gasteiger partial charge in [0.2, 0.25) is 0 Å². The van der Waals surface area contributed by atoms with E-state index in [1.165, 1.54) is 31.7 Å². The Kier molecular flexibility index (Phi) is 5.14. The van der Waals surface area contributed by atoms with E-state index < -0.39 is 8.80 Å². The van der Waals surface area contributed by atoms with Gasteiger partial charge in [-0.2, -0.15) is 0 Å². The SMILES string of the molecule is CC(C)CCCCC[SiH]1C=CC=C1. The van der Waals surface area contributed by atoms with Crippen molar-refractivity contribution in [3.63, 3.8) is 0 Å². The van der Waals surface area contributed by atoms with Gasteiger partial charge in [-0.15, -0.1) is 0 Å². The lowest BCUT2D eigenvalue weighted by Gasteiger charge is -2.05. The highest BCUT2D eigenvalue weighted by Crippen LogP contribution is 2.13. The third-order valence-corrected chi connectivity index (χ3v) is 5.15. The first-order valence-electron chi connectivity index (χ1n) is 5.64. The average molecular weight is 194 g/mol. The molecule has 1 aliphatic rings.